The quantitative estimate of drug-likeness (QED) is 0.837. The van der Waals surface area contributed by atoms with Gasteiger partial charge in [-0.05, 0) is 34.6 Å². The lowest BCUT2D eigenvalue weighted by atomic mass is 10.1. The van der Waals surface area contributed by atoms with Gasteiger partial charge in [0.05, 0.1) is 0 Å². The maximum absolute atomic E-state index is 5.58. The number of aryl methyl sites for hydroxylation is 1. The average Bonchev–Trinajstić information content (AvgIpc) is 2.87. The molecule has 0 saturated carbocycles. The number of hydrogen-bond donors (Lipinski definition) is 2. The Labute approximate surface area is 113 Å². The van der Waals surface area contributed by atoms with Gasteiger partial charge in [0, 0.05) is 24.5 Å². The van der Waals surface area contributed by atoms with Gasteiger partial charge in [0.25, 0.3) is 0 Å². The first-order chi connectivity index (χ1) is 8.83. The number of nitrogens with two attached hydrogens (primary N) is 1. The van der Waals surface area contributed by atoms with Gasteiger partial charge in [0.2, 0.25) is 0 Å². The molecule has 0 aliphatic carbocycles. The molecule has 1 aromatic heterocycles. The average molecular weight is 260 g/mol. The lowest BCUT2D eigenvalue weighted by Crippen LogP contribution is -2.12. The van der Waals surface area contributed by atoms with Crippen molar-refractivity contribution in [3.8, 4) is 0 Å². The van der Waals surface area contributed by atoms with Crippen LogP contribution in [0.5, 0.6) is 0 Å². The van der Waals surface area contributed by atoms with E-state index in [1.54, 1.807) is 0 Å². The number of thiophene rings is 1. The fraction of sp³-hybridized carbons (Fsp3) is 0.333. The number of hydrogen-bond acceptors (Lipinski definition) is 3. The molecule has 18 heavy (non-hydrogen) atoms. The largest absolute Gasteiger partial charge is 0.326 e. The number of nitrogens with one attached hydrogen (secondary N) is 1. The van der Waals surface area contributed by atoms with Crippen molar-refractivity contribution in [3.05, 3.63) is 57.3 Å². The Hall–Kier alpha value is -1.16. The van der Waals surface area contributed by atoms with E-state index < -0.39 is 0 Å². The number of rotatable bonds is 6. The van der Waals surface area contributed by atoms with Gasteiger partial charge in [-0.25, -0.2) is 0 Å². The topological polar surface area (TPSA) is 38.0 Å². The lowest BCUT2D eigenvalue weighted by Gasteiger charge is -2.06. The summed E-state index contributed by atoms with van der Waals surface area (Å²) >= 11 is 1.84. The summed E-state index contributed by atoms with van der Waals surface area (Å²) in [5.41, 5.74) is 9.54. The normalized spacial score (nSPS) is 10.8. The Morgan fingerprint density at radius 3 is 2.44 bits per heavy atom. The number of benzene rings is 1. The van der Waals surface area contributed by atoms with Crippen LogP contribution in [0.1, 0.15) is 28.5 Å². The highest BCUT2D eigenvalue weighted by Gasteiger charge is 2.01. The van der Waals surface area contributed by atoms with Crippen LogP contribution in [0, 0.1) is 0 Å². The Morgan fingerprint density at radius 1 is 1.06 bits per heavy atom. The summed E-state index contributed by atoms with van der Waals surface area (Å²) in [5.74, 6) is 0. The van der Waals surface area contributed by atoms with Crippen LogP contribution in [0.2, 0.25) is 0 Å². The molecular weight excluding hydrogens is 240 g/mol. The molecule has 0 spiro atoms. The van der Waals surface area contributed by atoms with E-state index in [-0.39, 0.29) is 0 Å². The SMILES string of the molecule is CCc1ccsc1CNCc1ccc(CN)cc1. The van der Waals surface area contributed by atoms with E-state index in [1.807, 2.05) is 11.3 Å². The highest BCUT2D eigenvalue weighted by atomic mass is 32.1. The van der Waals surface area contributed by atoms with Gasteiger partial charge in [0.1, 0.15) is 0 Å². The molecule has 0 aliphatic rings. The van der Waals surface area contributed by atoms with Crippen molar-refractivity contribution < 1.29 is 0 Å². The van der Waals surface area contributed by atoms with Crippen LogP contribution in [0.3, 0.4) is 0 Å². The summed E-state index contributed by atoms with van der Waals surface area (Å²) in [6.07, 6.45) is 1.12. The summed E-state index contributed by atoms with van der Waals surface area (Å²) in [6, 6.07) is 10.7. The monoisotopic (exact) mass is 260 g/mol. The molecule has 0 fully saturated rings. The molecule has 2 rings (SSSR count). The molecule has 0 radical (unpaired) electrons. The summed E-state index contributed by atoms with van der Waals surface area (Å²) in [7, 11) is 0. The second kappa shape index (κ2) is 6.69. The van der Waals surface area contributed by atoms with Gasteiger partial charge in [-0.15, -0.1) is 11.3 Å². The smallest absolute Gasteiger partial charge is 0.0305 e. The van der Waals surface area contributed by atoms with Crippen LogP contribution in [-0.4, -0.2) is 0 Å². The molecule has 0 atom stereocenters. The second-order valence-electron chi connectivity index (χ2n) is 4.35. The molecule has 1 aromatic carbocycles. The third-order valence-electron chi connectivity index (χ3n) is 3.09. The maximum Gasteiger partial charge on any atom is 0.0305 e. The fourth-order valence-corrected chi connectivity index (χ4v) is 2.90. The van der Waals surface area contributed by atoms with Crippen LogP contribution in [0.15, 0.2) is 35.7 Å². The molecule has 0 saturated heterocycles. The zero-order valence-corrected chi connectivity index (χ0v) is 11.6. The Kier molecular flexibility index (Phi) is 4.93. The summed E-state index contributed by atoms with van der Waals surface area (Å²) in [6.45, 7) is 4.69. The van der Waals surface area contributed by atoms with Gasteiger partial charge in [-0.1, -0.05) is 31.2 Å². The van der Waals surface area contributed by atoms with Crippen molar-refractivity contribution in [2.45, 2.75) is 33.0 Å². The molecule has 96 valence electrons. The maximum atomic E-state index is 5.58. The minimum atomic E-state index is 0.614. The van der Waals surface area contributed by atoms with Crippen LogP contribution in [-0.2, 0) is 26.1 Å². The molecule has 3 heteroatoms. The Morgan fingerprint density at radius 2 is 1.78 bits per heavy atom. The van der Waals surface area contributed by atoms with E-state index in [2.05, 4.69) is 48.0 Å². The highest BCUT2D eigenvalue weighted by molar-refractivity contribution is 7.10. The van der Waals surface area contributed by atoms with E-state index in [1.165, 1.54) is 21.6 Å². The minimum Gasteiger partial charge on any atom is -0.326 e. The molecular formula is C15H20N2S. The molecule has 2 aromatic rings. The van der Waals surface area contributed by atoms with Crippen LogP contribution in [0.4, 0.5) is 0 Å². The fourth-order valence-electron chi connectivity index (χ4n) is 1.95. The molecule has 0 amide bonds. The van der Waals surface area contributed by atoms with E-state index in [4.69, 9.17) is 5.73 Å². The van der Waals surface area contributed by atoms with Crippen LogP contribution >= 0.6 is 11.3 Å². The molecule has 0 aliphatic heterocycles. The molecule has 0 unspecified atom stereocenters. The molecule has 0 bridgehead atoms. The summed E-state index contributed by atoms with van der Waals surface area (Å²) in [5, 5.41) is 5.67. The van der Waals surface area contributed by atoms with E-state index >= 15 is 0 Å². The van der Waals surface area contributed by atoms with Gasteiger partial charge < -0.3 is 11.1 Å². The predicted octanol–water partition coefficient (Wildman–Crippen LogP) is 3.06. The van der Waals surface area contributed by atoms with Gasteiger partial charge in [-0.3, -0.25) is 0 Å². The minimum absolute atomic E-state index is 0.614. The van der Waals surface area contributed by atoms with Gasteiger partial charge in [-0.2, -0.15) is 0 Å². The highest BCUT2D eigenvalue weighted by Crippen LogP contribution is 2.17. The Balaban J connectivity index is 1.84. The van der Waals surface area contributed by atoms with E-state index in [0.29, 0.717) is 6.54 Å². The summed E-state index contributed by atoms with van der Waals surface area (Å²) < 4.78 is 0. The summed E-state index contributed by atoms with van der Waals surface area (Å²) in [4.78, 5) is 1.45. The third kappa shape index (κ3) is 3.42. The van der Waals surface area contributed by atoms with Crippen molar-refractivity contribution in [3.63, 3.8) is 0 Å². The molecule has 3 N–H and O–H groups in total. The van der Waals surface area contributed by atoms with Crippen LogP contribution in [0.25, 0.3) is 0 Å². The molecule has 2 nitrogen and oxygen atoms in total. The van der Waals surface area contributed by atoms with Gasteiger partial charge in [0.15, 0.2) is 0 Å². The van der Waals surface area contributed by atoms with E-state index in [9.17, 15) is 0 Å². The molecule has 1 heterocycles. The van der Waals surface area contributed by atoms with Crippen molar-refractivity contribution in [1.29, 1.82) is 0 Å². The predicted molar refractivity (Wildman–Crippen MR) is 78.6 cm³/mol. The first-order valence-corrected chi connectivity index (χ1v) is 7.25. The van der Waals surface area contributed by atoms with Crippen LogP contribution < -0.4 is 11.1 Å². The Bertz CT molecular complexity index is 473. The first kappa shape index (κ1) is 13.3. The van der Waals surface area contributed by atoms with Crippen molar-refractivity contribution in [2.75, 3.05) is 0 Å². The van der Waals surface area contributed by atoms with Crippen molar-refractivity contribution in [1.82, 2.24) is 5.32 Å². The third-order valence-corrected chi connectivity index (χ3v) is 4.06. The van der Waals surface area contributed by atoms with Crippen molar-refractivity contribution in [2.24, 2.45) is 5.73 Å². The van der Waals surface area contributed by atoms with Gasteiger partial charge >= 0.3 is 0 Å². The van der Waals surface area contributed by atoms with Crippen molar-refractivity contribution >= 4 is 11.3 Å². The first-order valence-electron chi connectivity index (χ1n) is 6.37. The standard InChI is InChI=1S/C15H20N2S/c1-2-14-7-8-18-15(14)11-17-10-13-5-3-12(9-16)4-6-13/h3-8,17H,2,9-11,16H2,1H3. The second-order valence-corrected chi connectivity index (χ2v) is 5.35. The zero-order chi connectivity index (χ0) is 12.8. The lowest BCUT2D eigenvalue weighted by molar-refractivity contribution is 0.696. The zero-order valence-electron chi connectivity index (χ0n) is 10.8. The van der Waals surface area contributed by atoms with E-state index in [0.717, 1.165) is 19.5 Å².